The molecule has 0 saturated carbocycles. The van der Waals surface area contributed by atoms with Gasteiger partial charge in [0.2, 0.25) is 0 Å². The number of carboxylic acid groups (broad SMARTS) is 1. The summed E-state index contributed by atoms with van der Waals surface area (Å²) < 4.78 is 0. The minimum atomic E-state index is -0.762. The normalized spacial score (nSPS) is 19.8. The molecule has 0 atom stereocenters. The van der Waals surface area contributed by atoms with E-state index in [4.69, 9.17) is 9.94 Å². The SMILES string of the molecule is CC(=O)ON1CCC(C(=O)O)CC1. The van der Waals surface area contributed by atoms with Gasteiger partial charge in [0.05, 0.1) is 5.92 Å². The van der Waals surface area contributed by atoms with E-state index < -0.39 is 5.97 Å². The average Bonchev–Trinajstić information content (AvgIpc) is 2.04. The van der Waals surface area contributed by atoms with Crippen molar-refractivity contribution in [3.8, 4) is 0 Å². The molecular weight excluding hydrogens is 174 g/mol. The Hall–Kier alpha value is -1.10. The van der Waals surface area contributed by atoms with Crippen molar-refractivity contribution in [2.75, 3.05) is 13.1 Å². The van der Waals surface area contributed by atoms with Crippen LogP contribution in [0.5, 0.6) is 0 Å². The molecule has 1 rings (SSSR count). The molecule has 0 amide bonds. The lowest BCUT2D eigenvalue weighted by molar-refractivity contribution is -0.194. The Balaban J connectivity index is 2.30. The minimum Gasteiger partial charge on any atom is -0.481 e. The first-order chi connectivity index (χ1) is 6.09. The van der Waals surface area contributed by atoms with Gasteiger partial charge in [0, 0.05) is 20.0 Å². The molecule has 1 aliphatic rings. The summed E-state index contributed by atoms with van der Waals surface area (Å²) in [7, 11) is 0. The molecule has 0 bridgehead atoms. The lowest BCUT2D eigenvalue weighted by Crippen LogP contribution is -2.37. The first-order valence-corrected chi connectivity index (χ1v) is 4.26. The third-order valence-corrected chi connectivity index (χ3v) is 2.06. The zero-order valence-corrected chi connectivity index (χ0v) is 7.52. The van der Waals surface area contributed by atoms with Gasteiger partial charge < -0.3 is 9.94 Å². The summed E-state index contributed by atoms with van der Waals surface area (Å²) in [4.78, 5) is 25.9. The Labute approximate surface area is 76.2 Å². The Morgan fingerprint density at radius 2 is 1.92 bits per heavy atom. The van der Waals surface area contributed by atoms with Crippen LogP contribution < -0.4 is 0 Å². The number of carbonyl (C=O) groups is 2. The van der Waals surface area contributed by atoms with E-state index in [1.54, 1.807) is 0 Å². The first-order valence-electron chi connectivity index (χ1n) is 4.26. The largest absolute Gasteiger partial charge is 0.481 e. The molecule has 0 spiro atoms. The maximum absolute atomic E-state index is 10.6. The van der Waals surface area contributed by atoms with Crippen molar-refractivity contribution in [1.29, 1.82) is 0 Å². The van der Waals surface area contributed by atoms with Gasteiger partial charge in [-0.15, -0.1) is 5.06 Å². The molecule has 13 heavy (non-hydrogen) atoms. The van der Waals surface area contributed by atoms with Crippen LogP contribution in [0.4, 0.5) is 0 Å². The van der Waals surface area contributed by atoms with Crippen molar-refractivity contribution < 1.29 is 19.5 Å². The fourth-order valence-corrected chi connectivity index (χ4v) is 1.38. The van der Waals surface area contributed by atoms with E-state index in [1.165, 1.54) is 12.0 Å². The lowest BCUT2D eigenvalue weighted by atomic mass is 9.98. The van der Waals surface area contributed by atoms with E-state index in [-0.39, 0.29) is 11.9 Å². The molecule has 1 fully saturated rings. The number of rotatable bonds is 2. The van der Waals surface area contributed by atoms with Gasteiger partial charge in [-0.05, 0) is 12.8 Å². The third-order valence-electron chi connectivity index (χ3n) is 2.06. The van der Waals surface area contributed by atoms with Crippen LogP contribution >= 0.6 is 0 Å². The number of hydrogen-bond donors (Lipinski definition) is 1. The molecule has 0 aromatic carbocycles. The summed E-state index contributed by atoms with van der Waals surface area (Å²) in [6, 6.07) is 0. The summed E-state index contributed by atoms with van der Waals surface area (Å²) in [5.74, 6) is -1.40. The fourth-order valence-electron chi connectivity index (χ4n) is 1.38. The van der Waals surface area contributed by atoms with Crippen LogP contribution in [0.3, 0.4) is 0 Å². The van der Waals surface area contributed by atoms with Crippen LogP contribution in [-0.4, -0.2) is 35.2 Å². The molecule has 0 radical (unpaired) electrons. The number of piperidine rings is 1. The Morgan fingerprint density at radius 3 is 2.31 bits per heavy atom. The van der Waals surface area contributed by atoms with Crippen LogP contribution in [0, 0.1) is 5.92 Å². The topological polar surface area (TPSA) is 66.8 Å². The second-order valence-electron chi connectivity index (χ2n) is 3.12. The average molecular weight is 187 g/mol. The van der Waals surface area contributed by atoms with Gasteiger partial charge in [-0.25, -0.2) is 0 Å². The van der Waals surface area contributed by atoms with E-state index in [9.17, 15) is 9.59 Å². The lowest BCUT2D eigenvalue weighted by Gasteiger charge is -2.27. The number of hydroxylamine groups is 2. The molecule has 1 N–H and O–H groups in total. The van der Waals surface area contributed by atoms with E-state index in [0.717, 1.165) is 0 Å². The predicted molar refractivity (Wildman–Crippen MR) is 43.7 cm³/mol. The van der Waals surface area contributed by atoms with Crippen molar-refractivity contribution in [2.24, 2.45) is 5.92 Å². The van der Waals surface area contributed by atoms with Gasteiger partial charge >= 0.3 is 11.9 Å². The first kappa shape index (κ1) is 9.98. The third kappa shape index (κ3) is 3.02. The Kier molecular flexibility index (Phi) is 3.25. The van der Waals surface area contributed by atoms with Crippen LogP contribution in [0.2, 0.25) is 0 Å². The molecule has 5 nitrogen and oxygen atoms in total. The molecular formula is C8H13NO4. The highest BCUT2D eigenvalue weighted by molar-refractivity contribution is 5.70. The molecule has 1 saturated heterocycles. The molecule has 0 aromatic rings. The molecule has 74 valence electrons. The van der Waals surface area contributed by atoms with Gasteiger partial charge in [-0.2, -0.15) is 0 Å². The van der Waals surface area contributed by atoms with Crippen LogP contribution in [0.25, 0.3) is 0 Å². The monoisotopic (exact) mass is 187 g/mol. The highest BCUT2D eigenvalue weighted by atomic mass is 16.7. The number of carboxylic acids is 1. The van der Waals surface area contributed by atoms with E-state index in [2.05, 4.69) is 0 Å². The summed E-state index contributed by atoms with van der Waals surface area (Å²) in [5.41, 5.74) is 0. The highest BCUT2D eigenvalue weighted by Gasteiger charge is 2.25. The van der Waals surface area contributed by atoms with Crippen molar-refractivity contribution in [3.63, 3.8) is 0 Å². The molecule has 0 aromatic heterocycles. The maximum Gasteiger partial charge on any atom is 0.322 e. The van der Waals surface area contributed by atoms with Gasteiger partial charge in [0.1, 0.15) is 0 Å². The van der Waals surface area contributed by atoms with Crippen molar-refractivity contribution in [3.05, 3.63) is 0 Å². The summed E-state index contributed by atoms with van der Waals surface area (Å²) in [5, 5.41) is 10.2. The smallest absolute Gasteiger partial charge is 0.322 e. The van der Waals surface area contributed by atoms with Crippen LogP contribution in [-0.2, 0) is 14.4 Å². The zero-order chi connectivity index (χ0) is 9.84. The maximum atomic E-state index is 10.6. The Morgan fingerprint density at radius 1 is 1.38 bits per heavy atom. The van der Waals surface area contributed by atoms with Gasteiger partial charge in [0.25, 0.3) is 0 Å². The van der Waals surface area contributed by atoms with E-state index >= 15 is 0 Å². The molecule has 0 aliphatic carbocycles. The van der Waals surface area contributed by atoms with E-state index in [1.807, 2.05) is 0 Å². The standard InChI is InChI=1S/C8H13NO4/c1-6(10)13-9-4-2-7(3-5-9)8(11)12/h7H,2-5H2,1H3,(H,11,12). The molecule has 5 heteroatoms. The summed E-state index contributed by atoms with van der Waals surface area (Å²) >= 11 is 0. The highest BCUT2D eigenvalue weighted by Crippen LogP contribution is 2.17. The second-order valence-corrected chi connectivity index (χ2v) is 3.12. The van der Waals surface area contributed by atoms with Gasteiger partial charge in [-0.3, -0.25) is 9.59 Å². The minimum absolute atomic E-state index is 0.285. The zero-order valence-electron chi connectivity index (χ0n) is 7.52. The van der Waals surface area contributed by atoms with Crippen LogP contribution in [0.15, 0.2) is 0 Å². The molecule has 1 heterocycles. The quantitative estimate of drug-likeness (QED) is 0.671. The van der Waals surface area contributed by atoms with E-state index in [0.29, 0.717) is 25.9 Å². The molecule has 1 aliphatic heterocycles. The molecule has 0 unspecified atom stereocenters. The summed E-state index contributed by atoms with van der Waals surface area (Å²) in [6.07, 6.45) is 1.09. The van der Waals surface area contributed by atoms with Crippen molar-refractivity contribution in [1.82, 2.24) is 5.06 Å². The van der Waals surface area contributed by atoms with Crippen molar-refractivity contribution >= 4 is 11.9 Å². The number of carbonyl (C=O) groups excluding carboxylic acids is 1. The van der Waals surface area contributed by atoms with Crippen LogP contribution in [0.1, 0.15) is 19.8 Å². The summed E-state index contributed by atoms with van der Waals surface area (Å²) in [6.45, 7) is 2.36. The van der Waals surface area contributed by atoms with Crippen molar-refractivity contribution in [2.45, 2.75) is 19.8 Å². The number of nitrogens with zero attached hydrogens (tertiary/aromatic N) is 1. The van der Waals surface area contributed by atoms with Gasteiger partial charge in [-0.1, -0.05) is 0 Å². The predicted octanol–water partition coefficient (Wildman–Crippen LogP) is 0.261. The fraction of sp³-hybridized carbons (Fsp3) is 0.750. The van der Waals surface area contributed by atoms with Gasteiger partial charge in [0.15, 0.2) is 0 Å². The Bertz CT molecular complexity index is 208. The second kappa shape index (κ2) is 4.23. The number of hydrogen-bond acceptors (Lipinski definition) is 4. The number of aliphatic carboxylic acids is 1.